The van der Waals surface area contributed by atoms with Gasteiger partial charge in [-0.3, -0.25) is 9.59 Å². The summed E-state index contributed by atoms with van der Waals surface area (Å²) in [5, 5.41) is 2.94. The van der Waals surface area contributed by atoms with Crippen molar-refractivity contribution >= 4 is 11.8 Å². The van der Waals surface area contributed by atoms with Crippen LogP contribution < -0.4 is 5.32 Å². The minimum atomic E-state index is -0.462. The fraction of sp³-hybridized carbons (Fsp3) is 0.579. The van der Waals surface area contributed by atoms with Crippen LogP contribution in [-0.4, -0.2) is 35.8 Å². The summed E-state index contributed by atoms with van der Waals surface area (Å²) in [6.45, 7) is 9.72. The Morgan fingerprint density at radius 3 is 2.43 bits per heavy atom. The molecule has 1 N–H and O–H groups in total. The monoisotopic (exact) mass is 316 g/mol. The quantitative estimate of drug-likeness (QED) is 0.928. The number of nitrogens with zero attached hydrogens (tertiary/aromatic N) is 1. The molecule has 1 aromatic carbocycles. The van der Waals surface area contributed by atoms with Crippen molar-refractivity contribution in [1.29, 1.82) is 0 Å². The number of hydrogen-bond donors (Lipinski definition) is 1. The Labute approximate surface area is 139 Å². The SMILES string of the molecule is Cc1cccc(C(=O)NC(C(=O)N2CCC(C)CC2)C(C)C)c1. The number of piperidine rings is 1. The lowest BCUT2D eigenvalue weighted by atomic mass is 9.96. The molecule has 23 heavy (non-hydrogen) atoms. The van der Waals surface area contributed by atoms with Crippen molar-refractivity contribution < 1.29 is 9.59 Å². The van der Waals surface area contributed by atoms with Crippen LogP contribution in [0, 0.1) is 18.8 Å². The van der Waals surface area contributed by atoms with E-state index < -0.39 is 6.04 Å². The van der Waals surface area contributed by atoms with Gasteiger partial charge < -0.3 is 10.2 Å². The molecular weight excluding hydrogens is 288 g/mol. The fourth-order valence-electron chi connectivity index (χ4n) is 2.95. The third kappa shape index (κ3) is 4.57. The Kier molecular flexibility index (Phi) is 5.80. The molecule has 126 valence electrons. The third-order valence-corrected chi connectivity index (χ3v) is 4.59. The van der Waals surface area contributed by atoms with Crippen molar-refractivity contribution in [3.8, 4) is 0 Å². The Morgan fingerprint density at radius 2 is 1.87 bits per heavy atom. The van der Waals surface area contributed by atoms with Crippen LogP contribution in [0.4, 0.5) is 0 Å². The molecule has 1 heterocycles. The van der Waals surface area contributed by atoms with Gasteiger partial charge in [0.2, 0.25) is 5.91 Å². The van der Waals surface area contributed by atoms with Gasteiger partial charge in [0.1, 0.15) is 6.04 Å². The first-order valence-corrected chi connectivity index (χ1v) is 8.54. The summed E-state index contributed by atoms with van der Waals surface area (Å²) in [4.78, 5) is 27.2. The minimum absolute atomic E-state index is 0.0490. The highest BCUT2D eigenvalue weighted by atomic mass is 16.2. The molecule has 1 aromatic rings. The van der Waals surface area contributed by atoms with Gasteiger partial charge in [-0.1, -0.05) is 38.5 Å². The van der Waals surface area contributed by atoms with Gasteiger partial charge in [0.25, 0.3) is 5.91 Å². The number of benzene rings is 1. The number of likely N-dealkylation sites (tertiary alicyclic amines) is 1. The predicted molar refractivity (Wildman–Crippen MR) is 92.2 cm³/mol. The Bertz CT molecular complexity index is 560. The molecular formula is C19H28N2O2. The van der Waals surface area contributed by atoms with Crippen LogP contribution in [0.15, 0.2) is 24.3 Å². The van der Waals surface area contributed by atoms with E-state index in [-0.39, 0.29) is 17.7 Å². The van der Waals surface area contributed by atoms with Crippen LogP contribution in [0.25, 0.3) is 0 Å². The molecule has 4 nitrogen and oxygen atoms in total. The van der Waals surface area contributed by atoms with E-state index in [2.05, 4.69) is 12.2 Å². The van der Waals surface area contributed by atoms with E-state index in [1.54, 1.807) is 6.07 Å². The summed E-state index contributed by atoms with van der Waals surface area (Å²) in [5.41, 5.74) is 1.64. The number of hydrogen-bond acceptors (Lipinski definition) is 2. The van der Waals surface area contributed by atoms with Crippen molar-refractivity contribution in [2.45, 2.75) is 46.6 Å². The average Bonchev–Trinajstić information content (AvgIpc) is 2.52. The zero-order chi connectivity index (χ0) is 17.0. The molecule has 0 saturated carbocycles. The van der Waals surface area contributed by atoms with Gasteiger partial charge in [-0.15, -0.1) is 0 Å². The molecule has 1 aliphatic heterocycles. The smallest absolute Gasteiger partial charge is 0.251 e. The van der Waals surface area contributed by atoms with Crippen LogP contribution in [0.3, 0.4) is 0 Å². The second-order valence-electron chi connectivity index (χ2n) is 7.07. The highest BCUT2D eigenvalue weighted by molar-refractivity contribution is 5.97. The summed E-state index contributed by atoms with van der Waals surface area (Å²) in [6.07, 6.45) is 2.09. The first-order valence-electron chi connectivity index (χ1n) is 8.54. The van der Waals surface area contributed by atoms with Crippen molar-refractivity contribution in [2.24, 2.45) is 11.8 Å². The van der Waals surface area contributed by atoms with E-state index >= 15 is 0 Å². The van der Waals surface area contributed by atoms with E-state index in [9.17, 15) is 9.59 Å². The molecule has 1 aliphatic rings. The third-order valence-electron chi connectivity index (χ3n) is 4.59. The molecule has 1 atom stereocenters. The highest BCUT2D eigenvalue weighted by Gasteiger charge is 2.30. The molecule has 2 amide bonds. The van der Waals surface area contributed by atoms with Gasteiger partial charge in [0.15, 0.2) is 0 Å². The van der Waals surface area contributed by atoms with E-state index in [1.165, 1.54) is 0 Å². The van der Waals surface area contributed by atoms with Crippen LogP contribution in [0.5, 0.6) is 0 Å². The summed E-state index contributed by atoms with van der Waals surface area (Å²) in [6, 6.07) is 6.99. The Balaban J connectivity index is 2.06. The topological polar surface area (TPSA) is 49.4 Å². The lowest BCUT2D eigenvalue weighted by molar-refractivity contribution is -0.135. The van der Waals surface area contributed by atoms with Crippen molar-refractivity contribution in [1.82, 2.24) is 10.2 Å². The average molecular weight is 316 g/mol. The summed E-state index contributed by atoms with van der Waals surface area (Å²) in [5.74, 6) is 0.619. The van der Waals surface area contributed by atoms with E-state index in [4.69, 9.17) is 0 Å². The second kappa shape index (κ2) is 7.62. The van der Waals surface area contributed by atoms with Crippen molar-refractivity contribution in [3.63, 3.8) is 0 Å². The number of carbonyl (C=O) groups excluding carboxylic acids is 2. The standard InChI is InChI=1S/C19H28N2O2/c1-13(2)17(19(23)21-10-8-14(3)9-11-21)20-18(22)16-7-5-6-15(4)12-16/h5-7,12-14,17H,8-11H2,1-4H3,(H,20,22). The van der Waals surface area contributed by atoms with Crippen LogP contribution in [0.1, 0.15) is 49.5 Å². The summed E-state index contributed by atoms with van der Waals surface area (Å²) in [7, 11) is 0. The summed E-state index contributed by atoms with van der Waals surface area (Å²) >= 11 is 0. The van der Waals surface area contributed by atoms with Gasteiger partial charge in [-0.05, 0) is 43.7 Å². The molecule has 0 spiro atoms. The highest BCUT2D eigenvalue weighted by Crippen LogP contribution is 2.18. The van der Waals surface area contributed by atoms with E-state index in [0.717, 1.165) is 31.5 Å². The van der Waals surface area contributed by atoms with Crippen molar-refractivity contribution in [2.75, 3.05) is 13.1 Å². The minimum Gasteiger partial charge on any atom is -0.341 e. The number of nitrogens with one attached hydrogen (secondary N) is 1. The molecule has 1 unspecified atom stereocenters. The molecule has 4 heteroatoms. The maximum Gasteiger partial charge on any atom is 0.251 e. The lowest BCUT2D eigenvalue weighted by Gasteiger charge is -2.34. The largest absolute Gasteiger partial charge is 0.341 e. The lowest BCUT2D eigenvalue weighted by Crippen LogP contribution is -2.52. The maximum absolute atomic E-state index is 12.8. The summed E-state index contributed by atoms with van der Waals surface area (Å²) < 4.78 is 0. The number of amides is 2. The van der Waals surface area contributed by atoms with Gasteiger partial charge in [0, 0.05) is 18.7 Å². The number of carbonyl (C=O) groups is 2. The number of rotatable bonds is 4. The van der Waals surface area contributed by atoms with Gasteiger partial charge in [-0.2, -0.15) is 0 Å². The molecule has 1 saturated heterocycles. The molecule has 0 aromatic heterocycles. The van der Waals surface area contributed by atoms with Gasteiger partial charge in [0.05, 0.1) is 0 Å². The zero-order valence-electron chi connectivity index (χ0n) is 14.6. The van der Waals surface area contributed by atoms with Crippen LogP contribution in [0.2, 0.25) is 0 Å². The Morgan fingerprint density at radius 1 is 1.22 bits per heavy atom. The molecule has 0 aliphatic carbocycles. The first kappa shape index (κ1) is 17.5. The van der Waals surface area contributed by atoms with E-state index in [0.29, 0.717) is 11.5 Å². The first-order chi connectivity index (χ1) is 10.9. The number of aryl methyl sites for hydroxylation is 1. The van der Waals surface area contributed by atoms with Gasteiger partial charge in [-0.25, -0.2) is 0 Å². The van der Waals surface area contributed by atoms with Crippen LogP contribution in [-0.2, 0) is 4.79 Å². The van der Waals surface area contributed by atoms with Crippen molar-refractivity contribution in [3.05, 3.63) is 35.4 Å². The Hall–Kier alpha value is -1.84. The molecule has 2 rings (SSSR count). The predicted octanol–water partition coefficient (Wildman–Crippen LogP) is 3.01. The molecule has 1 fully saturated rings. The van der Waals surface area contributed by atoms with Crippen LogP contribution >= 0.6 is 0 Å². The normalized spacial score (nSPS) is 17.2. The zero-order valence-corrected chi connectivity index (χ0v) is 14.6. The molecule has 0 bridgehead atoms. The maximum atomic E-state index is 12.8. The molecule has 0 radical (unpaired) electrons. The van der Waals surface area contributed by atoms with Gasteiger partial charge >= 0.3 is 0 Å². The fourth-order valence-corrected chi connectivity index (χ4v) is 2.95. The second-order valence-corrected chi connectivity index (χ2v) is 7.07. The van der Waals surface area contributed by atoms with E-state index in [1.807, 2.05) is 43.9 Å².